The highest BCUT2D eigenvalue weighted by molar-refractivity contribution is 5.94. The van der Waals surface area contributed by atoms with Crippen LogP contribution in [0.1, 0.15) is 29.6 Å². The lowest BCUT2D eigenvalue weighted by Gasteiger charge is -2.29. The quantitative estimate of drug-likeness (QED) is 0.920. The number of aliphatic hydroxyl groups is 1. The first-order valence-corrected chi connectivity index (χ1v) is 8.05. The summed E-state index contributed by atoms with van der Waals surface area (Å²) in [5.74, 6) is -0.0697. The van der Waals surface area contributed by atoms with Gasteiger partial charge in [-0.1, -0.05) is 0 Å². The Morgan fingerprint density at radius 3 is 2.45 bits per heavy atom. The second kappa shape index (κ2) is 6.67. The fraction of sp³-hybridized carbons (Fsp3) is 0.588. The summed E-state index contributed by atoms with van der Waals surface area (Å²) in [6.45, 7) is 2.89. The van der Waals surface area contributed by atoms with Gasteiger partial charge in [-0.15, -0.1) is 0 Å². The maximum Gasteiger partial charge on any atom is 0.254 e. The summed E-state index contributed by atoms with van der Waals surface area (Å²) in [6, 6.07) is 7.55. The molecule has 1 amide bonds. The monoisotopic (exact) mass is 304 g/mol. The molecule has 22 heavy (non-hydrogen) atoms. The van der Waals surface area contributed by atoms with Gasteiger partial charge in [0.25, 0.3) is 5.91 Å². The van der Waals surface area contributed by atoms with Crippen LogP contribution in [0.25, 0.3) is 0 Å². The van der Waals surface area contributed by atoms with E-state index in [0.29, 0.717) is 18.8 Å². The molecule has 1 aromatic rings. The minimum Gasteiger partial charge on any atom is -0.388 e. The van der Waals surface area contributed by atoms with E-state index in [1.807, 2.05) is 24.3 Å². The van der Waals surface area contributed by atoms with Crippen molar-refractivity contribution in [3.63, 3.8) is 0 Å². The highest BCUT2D eigenvalue weighted by Crippen LogP contribution is 2.21. The number of anilines is 1. The van der Waals surface area contributed by atoms with E-state index in [9.17, 15) is 9.90 Å². The fourth-order valence-electron chi connectivity index (χ4n) is 3.22. The van der Waals surface area contributed by atoms with E-state index < -0.39 is 6.10 Å². The normalized spacial score (nSPS) is 25.3. The highest BCUT2D eigenvalue weighted by Gasteiger charge is 2.32. The fourth-order valence-corrected chi connectivity index (χ4v) is 3.22. The number of nitrogens with zero attached hydrogens (tertiary/aromatic N) is 2. The number of ether oxygens (including phenoxy) is 1. The van der Waals surface area contributed by atoms with Crippen molar-refractivity contribution in [2.24, 2.45) is 0 Å². The Morgan fingerprint density at radius 1 is 1.18 bits per heavy atom. The predicted octanol–water partition coefficient (Wildman–Crippen LogP) is 1.51. The van der Waals surface area contributed by atoms with E-state index >= 15 is 0 Å². The molecule has 0 spiro atoms. The van der Waals surface area contributed by atoms with Crippen LogP contribution in [0, 0.1) is 0 Å². The van der Waals surface area contributed by atoms with Crippen LogP contribution in [-0.2, 0) is 4.74 Å². The smallest absolute Gasteiger partial charge is 0.254 e. The van der Waals surface area contributed by atoms with Crippen LogP contribution in [0.15, 0.2) is 24.3 Å². The van der Waals surface area contributed by atoms with Crippen LogP contribution in [0.3, 0.4) is 0 Å². The van der Waals surface area contributed by atoms with E-state index in [1.54, 1.807) is 11.9 Å². The number of benzene rings is 1. The second-order valence-electron chi connectivity index (χ2n) is 6.18. The van der Waals surface area contributed by atoms with Crippen LogP contribution in [0.4, 0.5) is 5.69 Å². The molecule has 3 rings (SSSR count). The molecule has 2 aliphatic heterocycles. The largest absolute Gasteiger partial charge is 0.388 e. The van der Waals surface area contributed by atoms with Gasteiger partial charge in [0.15, 0.2) is 0 Å². The van der Waals surface area contributed by atoms with Crippen molar-refractivity contribution >= 4 is 11.6 Å². The first-order valence-electron chi connectivity index (χ1n) is 8.05. The van der Waals surface area contributed by atoms with Crippen LogP contribution in [0.2, 0.25) is 0 Å². The Morgan fingerprint density at radius 2 is 1.86 bits per heavy atom. The summed E-state index contributed by atoms with van der Waals surface area (Å²) in [6.07, 6.45) is 3.19. The Labute approximate surface area is 131 Å². The van der Waals surface area contributed by atoms with Gasteiger partial charge in [0.05, 0.1) is 25.4 Å². The Balaban J connectivity index is 1.67. The highest BCUT2D eigenvalue weighted by atomic mass is 16.5. The zero-order valence-electron chi connectivity index (χ0n) is 13.1. The Kier molecular flexibility index (Phi) is 4.64. The molecule has 2 saturated heterocycles. The summed E-state index contributed by atoms with van der Waals surface area (Å²) in [5.41, 5.74) is 1.84. The molecule has 2 aliphatic rings. The van der Waals surface area contributed by atoms with Crippen molar-refractivity contribution in [1.82, 2.24) is 4.90 Å². The Bertz CT molecular complexity index is 511. The molecule has 5 heteroatoms. The summed E-state index contributed by atoms with van der Waals surface area (Å²) in [4.78, 5) is 16.5. The number of aliphatic hydroxyl groups excluding tert-OH is 1. The van der Waals surface area contributed by atoms with Crippen LogP contribution >= 0.6 is 0 Å². The molecule has 2 heterocycles. The first kappa shape index (κ1) is 15.3. The third-order valence-corrected chi connectivity index (χ3v) is 4.67. The lowest BCUT2D eigenvalue weighted by molar-refractivity contribution is 0.0581. The van der Waals surface area contributed by atoms with Gasteiger partial charge in [0.2, 0.25) is 0 Å². The summed E-state index contributed by atoms with van der Waals surface area (Å²) in [5, 5.41) is 9.84. The predicted molar refractivity (Wildman–Crippen MR) is 85.2 cm³/mol. The average Bonchev–Trinajstić information content (AvgIpc) is 3.00. The van der Waals surface area contributed by atoms with Gasteiger partial charge in [0.1, 0.15) is 0 Å². The Hall–Kier alpha value is -1.59. The van der Waals surface area contributed by atoms with Gasteiger partial charge in [-0.05, 0) is 43.5 Å². The zero-order valence-corrected chi connectivity index (χ0v) is 13.1. The van der Waals surface area contributed by atoms with Gasteiger partial charge in [-0.2, -0.15) is 0 Å². The minimum atomic E-state index is -0.596. The SMILES string of the molecule is CN(C(=O)c1ccc(N2CCCCC2)cc1)[C@@H]1COC[C@H]1O. The molecule has 1 N–H and O–H groups in total. The van der Waals surface area contributed by atoms with Crippen molar-refractivity contribution < 1.29 is 14.6 Å². The summed E-state index contributed by atoms with van der Waals surface area (Å²) >= 11 is 0. The topological polar surface area (TPSA) is 53.0 Å². The number of amides is 1. The molecule has 0 aliphatic carbocycles. The molecule has 0 radical (unpaired) electrons. The molecule has 5 nitrogen and oxygen atoms in total. The van der Waals surface area contributed by atoms with Crippen molar-refractivity contribution in [1.29, 1.82) is 0 Å². The van der Waals surface area contributed by atoms with Crippen LogP contribution in [-0.4, -0.2) is 61.4 Å². The number of rotatable bonds is 3. The minimum absolute atomic E-state index is 0.0697. The lowest BCUT2D eigenvalue weighted by Crippen LogP contribution is -2.44. The third-order valence-electron chi connectivity index (χ3n) is 4.67. The van der Waals surface area contributed by atoms with E-state index in [1.165, 1.54) is 24.9 Å². The van der Waals surface area contributed by atoms with Crippen molar-refractivity contribution in [2.45, 2.75) is 31.4 Å². The number of carbonyl (C=O) groups is 1. The maximum atomic E-state index is 12.5. The lowest BCUT2D eigenvalue weighted by atomic mass is 10.1. The molecule has 0 saturated carbocycles. The molecule has 120 valence electrons. The first-order chi connectivity index (χ1) is 10.7. The van der Waals surface area contributed by atoms with Gasteiger partial charge in [-0.25, -0.2) is 0 Å². The zero-order chi connectivity index (χ0) is 15.5. The maximum absolute atomic E-state index is 12.5. The number of hydrogen-bond donors (Lipinski definition) is 1. The molecule has 2 fully saturated rings. The standard InChI is InChI=1S/C17H24N2O3/c1-18(15-11-22-12-16(15)20)17(21)13-5-7-14(8-6-13)19-9-3-2-4-10-19/h5-8,15-16,20H,2-4,9-12H2,1H3/t15-,16-/m1/s1. The molecule has 0 bridgehead atoms. The van der Waals surface area contributed by atoms with Gasteiger partial charge < -0.3 is 19.6 Å². The van der Waals surface area contributed by atoms with Crippen molar-refractivity contribution in [3.05, 3.63) is 29.8 Å². The number of hydrogen-bond acceptors (Lipinski definition) is 4. The number of likely N-dealkylation sites (N-methyl/N-ethyl adjacent to an activating group) is 1. The van der Waals surface area contributed by atoms with Crippen LogP contribution < -0.4 is 4.90 Å². The molecular formula is C17H24N2O3. The molecule has 2 atom stereocenters. The average molecular weight is 304 g/mol. The molecule has 0 unspecified atom stereocenters. The van der Waals surface area contributed by atoms with Gasteiger partial charge in [-0.3, -0.25) is 4.79 Å². The van der Waals surface area contributed by atoms with E-state index in [2.05, 4.69) is 4.90 Å². The van der Waals surface area contributed by atoms with E-state index in [4.69, 9.17) is 4.74 Å². The van der Waals surface area contributed by atoms with E-state index in [0.717, 1.165) is 13.1 Å². The molecule has 0 aromatic heterocycles. The molecular weight excluding hydrogens is 280 g/mol. The number of carbonyl (C=O) groups excluding carboxylic acids is 1. The third kappa shape index (κ3) is 3.10. The second-order valence-corrected chi connectivity index (χ2v) is 6.18. The van der Waals surface area contributed by atoms with Crippen molar-refractivity contribution in [3.8, 4) is 0 Å². The summed E-state index contributed by atoms with van der Waals surface area (Å²) < 4.78 is 5.22. The van der Waals surface area contributed by atoms with Crippen LogP contribution in [0.5, 0.6) is 0 Å². The molecule has 1 aromatic carbocycles. The van der Waals surface area contributed by atoms with Gasteiger partial charge >= 0.3 is 0 Å². The van der Waals surface area contributed by atoms with Crippen molar-refractivity contribution in [2.75, 3.05) is 38.3 Å². The summed E-state index contributed by atoms with van der Waals surface area (Å²) in [7, 11) is 1.73. The van der Waals surface area contributed by atoms with E-state index in [-0.39, 0.29) is 11.9 Å². The number of piperidine rings is 1. The van der Waals surface area contributed by atoms with Gasteiger partial charge in [0, 0.05) is 31.4 Å².